The maximum absolute atomic E-state index is 9.61. The van der Waals surface area contributed by atoms with Gasteiger partial charge in [-0.3, -0.25) is 0 Å². The number of rotatable bonds is 7. The second-order valence-electron chi connectivity index (χ2n) is 4.84. The molecule has 0 atom stereocenters. The molecule has 0 heterocycles. The van der Waals surface area contributed by atoms with Gasteiger partial charge in [0.25, 0.3) is 0 Å². The van der Waals surface area contributed by atoms with E-state index in [0.29, 0.717) is 17.3 Å². The summed E-state index contributed by atoms with van der Waals surface area (Å²) in [4.78, 5) is 0. The van der Waals surface area contributed by atoms with Gasteiger partial charge in [-0.25, -0.2) is 0 Å². The number of phenols is 1. The summed E-state index contributed by atoms with van der Waals surface area (Å²) in [7, 11) is 0. The maximum atomic E-state index is 9.61. The Morgan fingerprint density at radius 3 is 2.76 bits per heavy atom. The monoisotopic (exact) mass is 255 g/mol. The molecule has 0 fully saturated rings. The molecule has 1 aromatic rings. The fraction of sp³-hybridized carbons (Fsp3) is 0.571. The molecule has 0 aliphatic carbocycles. The van der Waals surface area contributed by atoms with Crippen molar-refractivity contribution in [2.45, 2.75) is 39.7 Å². The molecular weight excluding hydrogens is 234 g/mol. The van der Waals surface area contributed by atoms with Gasteiger partial charge in [-0.2, -0.15) is 0 Å². The van der Waals surface area contributed by atoms with Gasteiger partial charge in [0.15, 0.2) is 0 Å². The number of hydrogen-bond donors (Lipinski definition) is 2. The molecule has 0 saturated heterocycles. The van der Waals surface area contributed by atoms with Crippen LogP contribution in [0.15, 0.2) is 18.2 Å². The SMILES string of the molecule is CC(C)CCCCNCc1cc(Cl)ccc1O. The summed E-state index contributed by atoms with van der Waals surface area (Å²) in [6.45, 7) is 6.15. The predicted molar refractivity (Wildman–Crippen MR) is 73.5 cm³/mol. The second kappa shape index (κ2) is 7.57. The van der Waals surface area contributed by atoms with Crippen LogP contribution in [0.4, 0.5) is 0 Å². The molecule has 0 radical (unpaired) electrons. The highest BCUT2D eigenvalue weighted by Crippen LogP contribution is 2.21. The van der Waals surface area contributed by atoms with Crippen LogP contribution in [0.5, 0.6) is 5.75 Å². The van der Waals surface area contributed by atoms with E-state index in [-0.39, 0.29) is 0 Å². The van der Waals surface area contributed by atoms with Crippen LogP contribution >= 0.6 is 11.6 Å². The molecule has 0 saturated carbocycles. The Kier molecular flexibility index (Phi) is 6.38. The Hall–Kier alpha value is -0.730. The summed E-state index contributed by atoms with van der Waals surface area (Å²) >= 11 is 5.88. The number of halogens is 1. The number of phenolic OH excluding ortho intramolecular Hbond substituents is 1. The van der Waals surface area contributed by atoms with Gasteiger partial charge in [0, 0.05) is 17.1 Å². The van der Waals surface area contributed by atoms with Crippen LogP contribution in [0.25, 0.3) is 0 Å². The first-order valence-electron chi connectivity index (χ1n) is 6.27. The van der Waals surface area contributed by atoms with E-state index in [2.05, 4.69) is 19.2 Å². The van der Waals surface area contributed by atoms with Crippen molar-refractivity contribution in [2.75, 3.05) is 6.54 Å². The Bertz CT molecular complexity index is 339. The minimum atomic E-state index is 0.309. The molecule has 1 rings (SSSR count). The fourth-order valence-electron chi connectivity index (χ4n) is 1.72. The van der Waals surface area contributed by atoms with Crippen molar-refractivity contribution >= 4 is 11.6 Å². The number of unbranched alkanes of at least 4 members (excludes halogenated alkanes) is 1. The summed E-state index contributed by atoms with van der Waals surface area (Å²) < 4.78 is 0. The van der Waals surface area contributed by atoms with Gasteiger partial charge < -0.3 is 10.4 Å². The van der Waals surface area contributed by atoms with Crippen LogP contribution in [-0.4, -0.2) is 11.7 Å². The van der Waals surface area contributed by atoms with Crippen molar-refractivity contribution in [3.8, 4) is 5.75 Å². The summed E-state index contributed by atoms with van der Waals surface area (Å²) in [6, 6.07) is 5.14. The molecule has 96 valence electrons. The molecule has 0 aromatic heterocycles. The van der Waals surface area contributed by atoms with E-state index in [1.807, 2.05) is 0 Å². The third-order valence-corrected chi connectivity index (χ3v) is 2.98. The van der Waals surface area contributed by atoms with E-state index in [9.17, 15) is 5.11 Å². The lowest BCUT2D eigenvalue weighted by Gasteiger charge is -2.08. The highest BCUT2D eigenvalue weighted by atomic mass is 35.5. The zero-order valence-corrected chi connectivity index (χ0v) is 11.4. The van der Waals surface area contributed by atoms with Gasteiger partial charge in [-0.05, 0) is 37.1 Å². The molecule has 0 aliphatic rings. The van der Waals surface area contributed by atoms with Crippen LogP contribution in [-0.2, 0) is 6.54 Å². The van der Waals surface area contributed by atoms with Crippen molar-refractivity contribution in [1.29, 1.82) is 0 Å². The highest BCUT2D eigenvalue weighted by Gasteiger charge is 2.01. The van der Waals surface area contributed by atoms with E-state index in [1.54, 1.807) is 18.2 Å². The molecule has 1 aromatic carbocycles. The third kappa shape index (κ3) is 5.94. The van der Waals surface area contributed by atoms with E-state index < -0.39 is 0 Å². The average molecular weight is 256 g/mol. The number of nitrogens with one attached hydrogen (secondary N) is 1. The minimum Gasteiger partial charge on any atom is -0.508 e. The Labute approximate surface area is 109 Å². The quantitative estimate of drug-likeness (QED) is 0.723. The Morgan fingerprint density at radius 2 is 2.06 bits per heavy atom. The summed E-state index contributed by atoms with van der Waals surface area (Å²) in [5, 5.41) is 13.6. The second-order valence-corrected chi connectivity index (χ2v) is 5.28. The van der Waals surface area contributed by atoms with Gasteiger partial charge in [0.2, 0.25) is 0 Å². The lowest BCUT2D eigenvalue weighted by atomic mass is 10.1. The molecule has 17 heavy (non-hydrogen) atoms. The lowest BCUT2D eigenvalue weighted by Crippen LogP contribution is -2.14. The highest BCUT2D eigenvalue weighted by molar-refractivity contribution is 6.30. The topological polar surface area (TPSA) is 32.3 Å². The van der Waals surface area contributed by atoms with Crippen LogP contribution in [0.3, 0.4) is 0 Å². The Morgan fingerprint density at radius 1 is 1.29 bits per heavy atom. The molecule has 0 aliphatic heterocycles. The number of benzene rings is 1. The molecule has 0 amide bonds. The molecule has 3 heteroatoms. The lowest BCUT2D eigenvalue weighted by molar-refractivity contribution is 0.462. The van der Waals surface area contributed by atoms with Crippen LogP contribution < -0.4 is 5.32 Å². The summed E-state index contributed by atoms with van der Waals surface area (Å²) in [6.07, 6.45) is 3.72. The summed E-state index contributed by atoms with van der Waals surface area (Å²) in [5.74, 6) is 1.09. The van der Waals surface area contributed by atoms with Crippen molar-refractivity contribution in [2.24, 2.45) is 5.92 Å². The third-order valence-electron chi connectivity index (χ3n) is 2.74. The first kappa shape index (κ1) is 14.3. The minimum absolute atomic E-state index is 0.309. The smallest absolute Gasteiger partial charge is 0.120 e. The maximum Gasteiger partial charge on any atom is 0.120 e. The Balaban J connectivity index is 2.20. The van der Waals surface area contributed by atoms with Crippen LogP contribution in [0.1, 0.15) is 38.7 Å². The molecule has 2 nitrogen and oxygen atoms in total. The number of aromatic hydroxyl groups is 1. The average Bonchev–Trinajstić information content (AvgIpc) is 2.27. The molecule has 2 N–H and O–H groups in total. The molecule has 0 bridgehead atoms. The van der Waals surface area contributed by atoms with Gasteiger partial charge in [-0.15, -0.1) is 0 Å². The van der Waals surface area contributed by atoms with E-state index >= 15 is 0 Å². The van der Waals surface area contributed by atoms with Gasteiger partial charge in [-0.1, -0.05) is 38.3 Å². The molecule has 0 spiro atoms. The first-order chi connectivity index (χ1) is 8.09. The van der Waals surface area contributed by atoms with Gasteiger partial charge >= 0.3 is 0 Å². The molecular formula is C14H22ClNO. The summed E-state index contributed by atoms with van der Waals surface area (Å²) in [5.41, 5.74) is 0.862. The van der Waals surface area contributed by atoms with Crippen LogP contribution in [0.2, 0.25) is 5.02 Å². The van der Waals surface area contributed by atoms with Crippen molar-refractivity contribution < 1.29 is 5.11 Å². The van der Waals surface area contributed by atoms with Crippen molar-refractivity contribution in [3.05, 3.63) is 28.8 Å². The predicted octanol–water partition coefficient (Wildman–Crippen LogP) is 3.96. The van der Waals surface area contributed by atoms with E-state index in [0.717, 1.165) is 18.0 Å². The van der Waals surface area contributed by atoms with E-state index in [4.69, 9.17) is 11.6 Å². The molecule has 0 unspecified atom stereocenters. The van der Waals surface area contributed by atoms with Gasteiger partial charge in [0.1, 0.15) is 5.75 Å². The zero-order chi connectivity index (χ0) is 12.7. The van der Waals surface area contributed by atoms with Crippen molar-refractivity contribution in [3.63, 3.8) is 0 Å². The van der Waals surface area contributed by atoms with Gasteiger partial charge in [0.05, 0.1) is 0 Å². The first-order valence-corrected chi connectivity index (χ1v) is 6.65. The van der Waals surface area contributed by atoms with Crippen LogP contribution in [0, 0.1) is 5.92 Å². The standard InChI is InChI=1S/C14H22ClNO/c1-11(2)5-3-4-8-16-10-12-9-13(15)6-7-14(12)17/h6-7,9,11,16-17H,3-5,8,10H2,1-2H3. The van der Waals surface area contributed by atoms with Crippen molar-refractivity contribution in [1.82, 2.24) is 5.32 Å². The number of hydrogen-bond acceptors (Lipinski definition) is 2. The normalized spacial score (nSPS) is 11.1. The largest absolute Gasteiger partial charge is 0.508 e. The zero-order valence-electron chi connectivity index (χ0n) is 10.7. The van der Waals surface area contributed by atoms with E-state index in [1.165, 1.54) is 19.3 Å². The fourth-order valence-corrected chi connectivity index (χ4v) is 1.92.